The lowest BCUT2D eigenvalue weighted by Gasteiger charge is -2.59. The Morgan fingerprint density at radius 1 is 1.00 bits per heavy atom. The first kappa shape index (κ1) is 27.9. The van der Waals surface area contributed by atoms with Gasteiger partial charge in [-0.3, -0.25) is 9.59 Å². The van der Waals surface area contributed by atoms with E-state index >= 15 is 0 Å². The number of anilines is 1. The van der Waals surface area contributed by atoms with E-state index in [4.69, 9.17) is 24.0 Å². The van der Waals surface area contributed by atoms with Gasteiger partial charge in [-0.15, -0.1) is 0 Å². The largest absolute Gasteiger partial charge is 0.435 e. The van der Waals surface area contributed by atoms with E-state index in [9.17, 15) is 9.59 Å². The van der Waals surface area contributed by atoms with Gasteiger partial charge >= 0.3 is 5.97 Å². The van der Waals surface area contributed by atoms with E-state index in [2.05, 4.69) is 50.8 Å². The molecule has 220 valence electrons. The quantitative estimate of drug-likeness (QED) is 0.388. The Morgan fingerprint density at radius 3 is 2.55 bits per heavy atom. The number of ether oxygens (including phenoxy) is 3. The lowest BCUT2D eigenvalue weighted by molar-refractivity contribution is -0.576. The molecule has 9 heteroatoms. The summed E-state index contributed by atoms with van der Waals surface area (Å²) in [5.74, 6) is -0.579. The Labute approximate surface area is 237 Å². The molecule has 5 saturated heterocycles. The van der Waals surface area contributed by atoms with Crippen molar-refractivity contribution in [1.29, 1.82) is 0 Å². The van der Waals surface area contributed by atoms with Crippen molar-refractivity contribution in [1.82, 2.24) is 4.90 Å². The molecule has 1 aliphatic carbocycles. The highest BCUT2D eigenvalue weighted by Crippen LogP contribution is 2.60. The van der Waals surface area contributed by atoms with Gasteiger partial charge in [-0.2, -0.15) is 0 Å². The summed E-state index contributed by atoms with van der Waals surface area (Å²) in [6, 6.07) is 6.47. The van der Waals surface area contributed by atoms with Crippen LogP contribution in [0, 0.1) is 37.5 Å². The molecule has 0 aromatic heterocycles. The fourth-order valence-corrected chi connectivity index (χ4v) is 7.82. The summed E-state index contributed by atoms with van der Waals surface area (Å²) < 4.78 is 18.6. The summed E-state index contributed by atoms with van der Waals surface area (Å²) in [5, 5.41) is 0. The second-order valence-electron chi connectivity index (χ2n) is 12.9. The molecule has 1 saturated carbocycles. The second-order valence-corrected chi connectivity index (χ2v) is 12.9. The van der Waals surface area contributed by atoms with Crippen LogP contribution in [0.1, 0.15) is 70.4 Å². The molecule has 1 aromatic carbocycles. The van der Waals surface area contributed by atoms with Crippen molar-refractivity contribution in [2.75, 3.05) is 31.1 Å². The van der Waals surface area contributed by atoms with E-state index in [0.717, 1.165) is 38.8 Å². The van der Waals surface area contributed by atoms with Gasteiger partial charge in [0.2, 0.25) is 18.0 Å². The minimum atomic E-state index is -0.874. The Kier molecular flexibility index (Phi) is 7.38. The molecule has 0 N–H and O–H groups in total. The van der Waals surface area contributed by atoms with E-state index < -0.39 is 29.9 Å². The zero-order chi connectivity index (χ0) is 28.2. The first-order valence-corrected chi connectivity index (χ1v) is 15.1. The lowest BCUT2D eigenvalue weighted by atomic mass is 9.58. The van der Waals surface area contributed by atoms with Gasteiger partial charge < -0.3 is 24.0 Å². The van der Waals surface area contributed by atoms with Crippen LogP contribution in [0.2, 0.25) is 0 Å². The average Bonchev–Trinajstić information content (AvgIpc) is 3.17. The third-order valence-electron chi connectivity index (χ3n) is 10.2. The topological polar surface area (TPSA) is 86.8 Å². The summed E-state index contributed by atoms with van der Waals surface area (Å²) in [4.78, 5) is 42.1. The van der Waals surface area contributed by atoms with Crippen molar-refractivity contribution in [2.24, 2.45) is 23.7 Å². The molecule has 2 bridgehead atoms. The normalized spacial score (nSPS) is 38.9. The van der Waals surface area contributed by atoms with Crippen LogP contribution in [0.4, 0.5) is 5.69 Å². The Bertz CT molecular complexity index is 1140. The predicted molar refractivity (Wildman–Crippen MR) is 147 cm³/mol. The van der Waals surface area contributed by atoms with Crippen molar-refractivity contribution in [3.8, 4) is 0 Å². The molecule has 0 radical (unpaired) electrons. The van der Waals surface area contributed by atoms with Gasteiger partial charge in [0, 0.05) is 56.5 Å². The smallest absolute Gasteiger partial charge is 0.308 e. The van der Waals surface area contributed by atoms with Crippen LogP contribution >= 0.6 is 0 Å². The van der Waals surface area contributed by atoms with E-state index in [1.807, 2.05) is 11.8 Å². The highest BCUT2D eigenvalue weighted by Gasteiger charge is 2.69. The number of hydrogen-bond acceptors (Lipinski definition) is 8. The molecule has 40 heavy (non-hydrogen) atoms. The standard InChI is InChI=1S/C31H44N2O7/c1-19-6-7-21(3)25(18-19)32-14-16-33(17-15-32)26(34)10-11-27(35)36-28-22(4)24-9-8-20(2)23-12-13-30(5)38-29(37-28)31(23,24)40-39-30/h6-7,18,20,22-24,28-29H,8-17H2,1-5H3/t20-,22-,23+,24+,28-,29-,30-,31-/m1/s1. The minimum absolute atomic E-state index is 0.0128. The van der Waals surface area contributed by atoms with Crippen molar-refractivity contribution >= 4 is 17.6 Å². The Balaban J connectivity index is 1.04. The maximum absolute atomic E-state index is 13.0. The molecule has 1 spiro atoms. The first-order chi connectivity index (χ1) is 19.1. The summed E-state index contributed by atoms with van der Waals surface area (Å²) in [7, 11) is 0. The number of amides is 1. The number of benzene rings is 1. The number of carbonyl (C=O) groups excluding carboxylic acids is 2. The molecule has 5 aliphatic heterocycles. The highest BCUT2D eigenvalue weighted by atomic mass is 17.3. The van der Waals surface area contributed by atoms with E-state index in [1.54, 1.807) is 0 Å². The number of aryl methyl sites for hydroxylation is 2. The number of esters is 1. The maximum atomic E-state index is 13.0. The number of hydrogen-bond donors (Lipinski definition) is 0. The van der Waals surface area contributed by atoms with Gasteiger partial charge in [0.15, 0.2) is 11.9 Å². The van der Waals surface area contributed by atoms with Gasteiger partial charge in [0.05, 0.1) is 6.42 Å². The van der Waals surface area contributed by atoms with Crippen LogP contribution in [0.15, 0.2) is 18.2 Å². The molecular formula is C31H44N2O7. The zero-order valence-electron chi connectivity index (χ0n) is 24.5. The Morgan fingerprint density at radius 2 is 1.77 bits per heavy atom. The van der Waals surface area contributed by atoms with Crippen LogP contribution in [0.3, 0.4) is 0 Å². The number of carbonyl (C=O) groups is 2. The van der Waals surface area contributed by atoms with E-state index in [-0.39, 0.29) is 36.5 Å². The fraction of sp³-hybridized carbons (Fsp3) is 0.742. The van der Waals surface area contributed by atoms with Crippen molar-refractivity contribution in [3.05, 3.63) is 29.3 Å². The molecule has 8 atom stereocenters. The summed E-state index contributed by atoms with van der Waals surface area (Å²) >= 11 is 0. The molecule has 0 unspecified atom stereocenters. The lowest BCUT2D eigenvalue weighted by Crippen LogP contribution is -2.70. The average molecular weight is 557 g/mol. The van der Waals surface area contributed by atoms with Gasteiger partial charge in [0.1, 0.15) is 0 Å². The highest BCUT2D eigenvalue weighted by molar-refractivity contribution is 5.81. The van der Waals surface area contributed by atoms with Crippen LogP contribution in [0.25, 0.3) is 0 Å². The fourth-order valence-electron chi connectivity index (χ4n) is 7.82. The second kappa shape index (κ2) is 10.6. The predicted octanol–water partition coefficient (Wildman–Crippen LogP) is 4.48. The number of piperazine rings is 1. The van der Waals surface area contributed by atoms with Crippen molar-refractivity contribution < 1.29 is 33.6 Å². The zero-order valence-corrected chi connectivity index (χ0v) is 24.5. The summed E-state index contributed by atoms with van der Waals surface area (Å²) in [6.07, 6.45) is 2.46. The molecule has 1 amide bonds. The van der Waals surface area contributed by atoms with E-state index in [0.29, 0.717) is 19.0 Å². The van der Waals surface area contributed by atoms with Crippen LogP contribution in [-0.2, 0) is 33.6 Å². The first-order valence-electron chi connectivity index (χ1n) is 15.1. The number of rotatable bonds is 5. The Hall–Kier alpha value is -2.20. The molecule has 7 rings (SSSR count). The van der Waals surface area contributed by atoms with Gasteiger partial charge in [0.25, 0.3) is 0 Å². The molecule has 6 aliphatic rings. The molecule has 6 fully saturated rings. The van der Waals surface area contributed by atoms with Crippen LogP contribution < -0.4 is 4.90 Å². The van der Waals surface area contributed by atoms with Gasteiger partial charge in [-0.25, -0.2) is 9.78 Å². The SMILES string of the molecule is Cc1ccc(C)c(N2CCN(C(=O)CCC(=O)O[C@@H]3O[C@@H]4O[C@@]5(C)CC[C@H]6[C@H](C)CC[C@@H]([C@H]3C)[C@@]46OO5)CC2)c1. The third kappa shape index (κ3) is 4.82. The molecule has 5 heterocycles. The molecule has 1 aromatic rings. The molecular weight excluding hydrogens is 512 g/mol. The summed E-state index contributed by atoms with van der Waals surface area (Å²) in [5.41, 5.74) is 3.02. The molecule has 9 nitrogen and oxygen atoms in total. The number of fused-ring (bicyclic) bond motifs is 2. The summed E-state index contributed by atoms with van der Waals surface area (Å²) in [6.45, 7) is 13.3. The third-order valence-corrected chi connectivity index (χ3v) is 10.2. The monoisotopic (exact) mass is 556 g/mol. The minimum Gasteiger partial charge on any atom is -0.435 e. The van der Waals surface area contributed by atoms with Crippen molar-refractivity contribution in [2.45, 2.75) is 97.1 Å². The maximum Gasteiger partial charge on any atom is 0.308 e. The van der Waals surface area contributed by atoms with Crippen molar-refractivity contribution in [3.63, 3.8) is 0 Å². The van der Waals surface area contributed by atoms with Crippen LogP contribution in [0.5, 0.6) is 0 Å². The van der Waals surface area contributed by atoms with Gasteiger partial charge in [-0.1, -0.05) is 26.0 Å². The van der Waals surface area contributed by atoms with Gasteiger partial charge in [-0.05, 0) is 69.1 Å². The van der Waals surface area contributed by atoms with Crippen LogP contribution in [-0.4, -0.2) is 66.9 Å². The van der Waals surface area contributed by atoms with E-state index in [1.165, 1.54) is 16.8 Å². The number of nitrogens with zero attached hydrogens (tertiary/aromatic N) is 2.